The second-order valence-corrected chi connectivity index (χ2v) is 5.84. The van der Waals surface area contributed by atoms with Gasteiger partial charge in [-0.15, -0.1) is 0 Å². The van der Waals surface area contributed by atoms with Crippen LogP contribution in [0.2, 0.25) is 0 Å². The lowest BCUT2D eigenvalue weighted by molar-refractivity contribution is -0.145. The Morgan fingerprint density at radius 2 is 2.00 bits per heavy atom. The number of cyclic esters (lactones) is 1. The summed E-state index contributed by atoms with van der Waals surface area (Å²) in [5.74, 6) is -0.0188. The van der Waals surface area contributed by atoms with Crippen molar-refractivity contribution >= 4 is 11.9 Å². The Hall–Kier alpha value is -1.84. The van der Waals surface area contributed by atoms with Crippen LogP contribution in [0, 0.1) is 0 Å². The second-order valence-electron chi connectivity index (χ2n) is 5.84. The number of carbonyl (C=O) groups is 2. The molecule has 0 aliphatic carbocycles. The van der Waals surface area contributed by atoms with Crippen LogP contribution in [0.5, 0.6) is 0 Å². The van der Waals surface area contributed by atoms with E-state index >= 15 is 0 Å². The van der Waals surface area contributed by atoms with Gasteiger partial charge in [0.25, 0.3) is 0 Å². The summed E-state index contributed by atoms with van der Waals surface area (Å²) in [6, 6.07) is 8.01. The zero-order valence-corrected chi connectivity index (χ0v) is 12.2. The molecule has 108 valence electrons. The first-order chi connectivity index (χ1) is 9.40. The van der Waals surface area contributed by atoms with E-state index in [2.05, 4.69) is 19.2 Å². The fourth-order valence-electron chi connectivity index (χ4n) is 2.28. The van der Waals surface area contributed by atoms with Crippen LogP contribution >= 0.6 is 0 Å². The van der Waals surface area contributed by atoms with Gasteiger partial charge in [-0.25, -0.2) is 4.79 Å². The van der Waals surface area contributed by atoms with Crippen molar-refractivity contribution in [3.05, 3.63) is 35.4 Å². The molecule has 0 radical (unpaired) electrons. The van der Waals surface area contributed by atoms with E-state index in [1.165, 1.54) is 5.56 Å². The van der Waals surface area contributed by atoms with Crippen molar-refractivity contribution in [1.29, 1.82) is 0 Å². The first-order valence-electron chi connectivity index (χ1n) is 6.98. The van der Waals surface area contributed by atoms with Gasteiger partial charge >= 0.3 is 5.97 Å². The number of rotatable bonds is 4. The molecule has 2 rings (SSSR count). The first-order valence-corrected chi connectivity index (χ1v) is 6.98. The van der Waals surface area contributed by atoms with Crippen molar-refractivity contribution in [3.8, 4) is 0 Å². The third-order valence-corrected chi connectivity index (χ3v) is 3.71. The van der Waals surface area contributed by atoms with E-state index in [9.17, 15) is 9.59 Å². The van der Waals surface area contributed by atoms with Crippen molar-refractivity contribution in [2.24, 2.45) is 0 Å². The van der Waals surface area contributed by atoms with Gasteiger partial charge in [-0.3, -0.25) is 4.79 Å². The fourth-order valence-corrected chi connectivity index (χ4v) is 2.28. The van der Waals surface area contributed by atoms with Gasteiger partial charge in [-0.05, 0) is 24.0 Å². The summed E-state index contributed by atoms with van der Waals surface area (Å²) in [6.45, 7) is 6.35. The van der Waals surface area contributed by atoms with Crippen LogP contribution in [0.15, 0.2) is 24.3 Å². The molecule has 1 heterocycles. The molecule has 1 aliphatic heterocycles. The third kappa shape index (κ3) is 3.18. The molecule has 1 aliphatic rings. The van der Waals surface area contributed by atoms with Crippen LogP contribution in [-0.4, -0.2) is 24.0 Å². The molecule has 1 atom stereocenters. The Morgan fingerprint density at radius 1 is 1.35 bits per heavy atom. The molecule has 4 nitrogen and oxygen atoms in total. The highest BCUT2D eigenvalue weighted by atomic mass is 16.5. The molecule has 1 N–H and O–H groups in total. The minimum atomic E-state index is -0.866. The average molecular weight is 275 g/mol. The molecule has 0 bridgehead atoms. The van der Waals surface area contributed by atoms with E-state index in [4.69, 9.17) is 4.74 Å². The topological polar surface area (TPSA) is 55.4 Å². The highest BCUT2D eigenvalue weighted by molar-refractivity contribution is 5.89. The Kier molecular flexibility index (Phi) is 4.12. The molecule has 0 saturated carbocycles. The van der Waals surface area contributed by atoms with Crippen molar-refractivity contribution in [1.82, 2.24) is 5.32 Å². The van der Waals surface area contributed by atoms with E-state index in [1.54, 1.807) is 6.92 Å². The monoisotopic (exact) mass is 275 g/mol. The summed E-state index contributed by atoms with van der Waals surface area (Å²) in [5.41, 5.74) is 1.33. The highest BCUT2D eigenvalue weighted by Crippen LogP contribution is 2.20. The van der Waals surface area contributed by atoms with E-state index in [-0.39, 0.29) is 18.3 Å². The maximum absolute atomic E-state index is 12.0. The van der Waals surface area contributed by atoms with E-state index in [0.717, 1.165) is 5.56 Å². The number of amides is 1. The molecule has 1 aromatic carbocycles. The summed E-state index contributed by atoms with van der Waals surface area (Å²) in [5, 5.41) is 2.78. The van der Waals surface area contributed by atoms with Crippen LogP contribution in [0.1, 0.15) is 44.2 Å². The minimum absolute atomic E-state index is 0.149. The molecule has 1 aromatic rings. The van der Waals surface area contributed by atoms with E-state index in [0.29, 0.717) is 18.9 Å². The number of ether oxygens (including phenoxy) is 1. The number of hydrogen-bond donors (Lipinski definition) is 1. The molecule has 1 fully saturated rings. The Labute approximate surface area is 119 Å². The van der Waals surface area contributed by atoms with Crippen molar-refractivity contribution in [3.63, 3.8) is 0 Å². The van der Waals surface area contributed by atoms with E-state index in [1.807, 2.05) is 24.3 Å². The summed E-state index contributed by atoms with van der Waals surface area (Å²) < 4.78 is 4.91. The van der Waals surface area contributed by atoms with Gasteiger partial charge in [-0.1, -0.05) is 38.1 Å². The lowest BCUT2D eigenvalue weighted by atomic mass is 9.99. The Bertz CT molecular complexity index is 507. The maximum Gasteiger partial charge on any atom is 0.331 e. The number of carbonyl (C=O) groups excluding carboxylic acids is 2. The van der Waals surface area contributed by atoms with Crippen LogP contribution in [0.4, 0.5) is 0 Å². The van der Waals surface area contributed by atoms with Gasteiger partial charge in [0.1, 0.15) is 5.54 Å². The summed E-state index contributed by atoms with van der Waals surface area (Å²) in [7, 11) is 0. The minimum Gasteiger partial charge on any atom is -0.464 e. The Balaban J connectivity index is 1.96. The predicted molar refractivity (Wildman–Crippen MR) is 76.4 cm³/mol. The molecule has 1 saturated heterocycles. The second kappa shape index (κ2) is 5.65. The van der Waals surface area contributed by atoms with Crippen molar-refractivity contribution in [2.45, 2.75) is 45.1 Å². The van der Waals surface area contributed by atoms with Gasteiger partial charge in [0.2, 0.25) is 5.91 Å². The largest absolute Gasteiger partial charge is 0.464 e. The number of hydrogen-bond acceptors (Lipinski definition) is 3. The SMILES string of the molecule is CC(C)c1ccc(CC(=O)NC2(C)CCOC2=O)cc1. The number of esters is 1. The summed E-state index contributed by atoms with van der Waals surface area (Å²) in [4.78, 5) is 23.6. The van der Waals surface area contributed by atoms with Gasteiger partial charge < -0.3 is 10.1 Å². The highest BCUT2D eigenvalue weighted by Gasteiger charge is 2.41. The van der Waals surface area contributed by atoms with Crippen LogP contribution in [0.25, 0.3) is 0 Å². The predicted octanol–water partition coefficient (Wildman–Crippen LogP) is 2.17. The summed E-state index contributed by atoms with van der Waals surface area (Å²) >= 11 is 0. The van der Waals surface area contributed by atoms with Crippen LogP contribution in [0.3, 0.4) is 0 Å². The lowest BCUT2D eigenvalue weighted by Gasteiger charge is -2.20. The molecule has 4 heteroatoms. The van der Waals surface area contributed by atoms with Crippen molar-refractivity contribution in [2.75, 3.05) is 6.61 Å². The van der Waals surface area contributed by atoms with Crippen LogP contribution < -0.4 is 5.32 Å². The maximum atomic E-state index is 12.0. The quantitative estimate of drug-likeness (QED) is 0.857. The number of nitrogens with one attached hydrogen (secondary N) is 1. The number of benzene rings is 1. The third-order valence-electron chi connectivity index (χ3n) is 3.71. The lowest BCUT2D eigenvalue weighted by Crippen LogP contribution is -2.49. The first kappa shape index (κ1) is 14.6. The Morgan fingerprint density at radius 3 is 2.50 bits per heavy atom. The molecule has 1 amide bonds. The zero-order chi connectivity index (χ0) is 14.8. The molecular weight excluding hydrogens is 254 g/mol. The fraction of sp³-hybridized carbons (Fsp3) is 0.500. The van der Waals surface area contributed by atoms with E-state index < -0.39 is 5.54 Å². The molecule has 0 spiro atoms. The molecular formula is C16H21NO3. The normalized spacial score (nSPS) is 21.9. The van der Waals surface area contributed by atoms with Gasteiger partial charge in [0, 0.05) is 6.42 Å². The molecule has 1 unspecified atom stereocenters. The van der Waals surface area contributed by atoms with Crippen LogP contribution in [-0.2, 0) is 20.7 Å². The molecule has 20 heavy (non-hydrogen) atoms. The average Bonchev–Trinajstić information content (AvgIpc) is 2.69. The van der Waals surface area contributed by atoms with Gasteiger partial charge in [-0.2, -0.15) is 0 Å². The standard InChI is InChI=1S/C16H21NO3/c1-11(2)13-6-4-12(5-7-13)10-14(18)17-16(3)8-9-20-15(16)19/h4-7,11H,8-10H2,1-3H3,(H,17,18). The summed E-state index contributed by atoms with van der Waals surface area (Å²) in [6.07, 6.45) is 0.811. The smallest absolute Gasteiger partial charge is 0.331 e. The van der Waals surface area contributed by atoms with Gasteiger partial charge in [0.05, 0.1) is 13.0 Å². The molecule has 0 aromatic heterocycles. The van der Waals surface area contributed by atoms with Gasteiger partial charge in [0.15, 0.2) is 0 Å². The zero-order valence-electron chi connectivity index (χ0n) is 12.2. The van der Waals surface area contributed by atoms with Crippen molar-refractivity contribution < 1.29 is 14.3 Å².